The predicted molar refractivity (Wildman–Crippen MR) is 72.4 cm³/mol. The van der Waals surface area contributed by atoms with Gasteiger partial charge in [-0.2, -0.15) is 4.98 Å². The number of nitrogens with zero attached hydrogens (tertiary/aromatic N) is 2. The SMILES string of the molecule is CC(Nc1cc(Cl)nc(N)n1)C(=O)NC(C)(C)C. The second-order valence-electron chi connectivity index (χ2n) is 5.04. The van der Waals surface area contributed by atoms with E-state index in [1.54, 1.807) is 6.92 Å². The standard InChI is InChI=1S/C11H18ClN5O/c1-6(9(18)17-11(2,3)4)14-8-5-7(12)15-10(13)16-8/h5-6H,1-4H3,(H,17,18)(H3,13,14,15,16). The van der Waals surface area contributed by atoms with E-state index in [1.807, 2.05) is 20.8 Å². The number of carbonyl (C=O) groups is 1. The number of nitrogens with two attached hydrogens (primary N) is 1. The van der Waals surface area contributed by atoms with Crippen LogP contribution in [0.3, 0.4) is 0 Å². The minimum atomic E-state index is -0.449. The molecule has 1 rings (SSSR count). The summed E-state index contributed by atoms with van der Waals surface area (Å²) in [6, 6.07) is 1.06. The third kappa shape index (κ3) is 4.75. The van der Waals surface area contributed by atoms with E-state index in [0.29, 0.717) is 5.82 Å². The molecule has 1 heterocycles. The van der Waals surface area contributed by atoms with Crippen molar-refractivity contribution in [2.75, 3.05) is 11.1 Å². The zero-order valence-corrected chi connectivity index (χ0v) is 11.7. The van der Waals surface area contributed by atoms with Crippen molar-refractivity contribution < 1.29 is 4.79 Å². The molecule has 1 unspecified atom stereocenters. The van der Waals surface area contributed by atoms with Gasteiger partial charge in [-0.05, 0) is 27.7 Å². The number of hydrogen-bond donors (Lipinski definition) is 3. The molecule has 0 fully saturated rings. The Morgan fingerprint density at radius 1 is 1.44 bits per heavy atom. The van der Waals surface area contributed by atoms with Crippen LogP contribution in [-0.2, 0) is 4.79 Å². The lowest BCUT2D eigenvalue weighted by molar-refractivity contribution is -0.122. The van der Waals surface area contributed by atoms with Gasteiger partial charge in [0, 0.05) is 11.6 Å². The lowest BCUT2D eigenvalue weighted by Gasteiger charge is -2.23. The second kappa shape index (κ2) is 5.39. The highest BCUT2D eigenvalue weighted by Crippen LogP contribution is 2.13. The monoisotopic (exact) mass is 271 g/mol. The van der Waals surface area contributed by atoms with Crippen molar-refractivity contribution >= 4 is 29.3 Å². The molecule has 0 spiro atoms. The number of amides is 1. The highest BCUT2D eigenvalue weighted by atomic mass is 35.5. The van der Waals surface area contributed by atoms with E-state index in [-0.39, 0.29) is 22.5 Å². The van der Waals surface area contributed by atoms with Gasteiger partial charge in [0.2, 0.25) is 11.9 Å². The summed E-state index contributed by atoms with van der Waals surface area (Å²) in [5.74, 6) is 0.355. The Labute approximate surface area is 111 Å². The van der Waals surface area contributed by atoms with Gasteiger partial charge in [-0.3, -0.25) is 4.79 Å². The van der Waals surface area contributed by atoms with Gasteiger partial charge in [0.15, 0.2) is 0 Å². The van der Waals surface area contributed by atoms with Crippen LogP contribution in [-0.4, -0.2) is 27.5 Å². The van der Waals surface area contributed by atoms with Crippen molar-refractivity contribution in [3.63, 3.8) is 0 Å². The largest absolute Gasteiger partial charge is 0.368 e. The Bertz CT molecular complexity index is 423. The average Bonchev–Trinajstić information content (AvgIpc) is 2.12. The lowest BCUT2D eigenvalue weighted by atomic mass is 10.1. The molecule has 100 valence electrons. The van der Waals surface area contributed by atoms with Crippen LogP contribution in [0.15, 0.2) is 6.07 Å². The number of nitrogens with one attached hydrogen (secondary N) is 2. The van der Waals surface area contributed by atoms with Crippen molar-refractivity contribution in [1.29, 1.82) is 0 Å². The maximum Gasteiger partial charge on any atom is 0.242 e. The van der Waals surface area contributed by atoms with Gasteiger partial charge in [-0.25, -0.2) is 4.98 Å². The van der Waals surface area contributed by atoms with Crippen molar-refractivity contribution in [1.82, 2.24) is 15.3 Å². The molecular weight excluding hydrogens is 254 g/mol. The lowest BCUT2D eigenvalue weighted by Crippen LogP contribution is -2.47. The van der Waals surface area contributed by atoms with E-state index in [0.717, 1.165) is 0 Å². The van der Waals surface area contributed by atoms with Crippen LogP contribution in [0.4, 0.5) is 11.8 Å². The summed E-state index contributed by atoms with van der Waals surface area (Å²) in [5, 5.41) is 6.01. The third-order valence-corrected chi connectivity index (χ3v) is 2.16. The molecule has 0 bridgehead atoms. The summed E-state index contributed by atoms with van der Waals surface area (Å²) in [4.78, 5) is 19.5. The fraction of sp³-hybridized carbons (Fsp3) is 0.545. The fourth-order valence-corrected chi connectivity index (χ4v) is 1.46. The molecule has 0 aliphatic heterocycles. The minimum absolute atomic E-state index is 0.0634. The summed E-state index contributed by atoms with van der Waals surface area (Å²) in [6.45, 7) is 7.47. The molecule has 1 atom stereocenters. The Kier molecular flexibility index (Phi) is 4.34. The van der Waals surface area contributed by atoms with E-state index < -0.39 is 6.04 Å². The zero-order valence-electron chi connectivity index (χ0n) is 10.9. The Balaban J connectivity index is 2.69. The molecule has 0 radical (unpaired) electrons. The van der Waals surface area contributed by atoms with Crippen molar-refractivity contribution in [3.8, 4) is 0 Å². The summed E-state index contributed by atoms with van der Waals surface area (Å²) in [7, 11) is 0. The molecule has 6 nitrogen and oxygen atoms in total. The van der Waals surface area contributed by atoms with Crippen LogP contribution in [0.5, 0.6) is 0 Å². The van der Waals surface area contributed by atoms with E-state index in [1.165, 1.54) is 6.07 Å². The van der Waals surface area contributed by atoms with E-state index in [4.69, 9.17) is 17.3 Å². The van der Waals surface area contributed by atoms with Crippen LogP contribution in [0.1, 0.15) is 27.7 Å². The van der Waals surface area contributed by atoms with Crippen molar-refractivity contribution in [2.24, 2.45) is 0 Å². The van der Waals surface area contributed by atoms with Gasteiger partial charge in [-0.15, -0.1) is 0 Å². The first-order valence-electron chi connectivity index (χ1n) is 5.56. The number of carbonyl (C=O) groups excluding carboxylic acids is 1. The number of rotatable bonds is 3. The number of hydrogen-bond acceptors (Lipinski definition) is 5. The maximum absolute atomic E-state index is 11.9. The summed E-state index contributed by atoms with van der Waals surface area (Å²) in [6.07, 6.45) is 0. The van der Waals surface area contributed by atoms with Crippen LogP contribution >= 0.6 is 11.6 Å². The minimum Gasteiger partial charge on any atom is -0.368 e. The van der Waals surface area contributed by atoms with E-state index in [9.17, 15) is 4.79 Å². The molecule has 0 aliphatic rings. The maximum atomic E-state index is 11.9. The molecule has 0 aromatic carbocycles. The number of halogens is 1. The van der Waals surface area contributed by atoms with Crippen LogP contribution < -0.4 is 16.4 Å². The first kappa shape index (κ1) is 14.5. The molecule has 0 saturated heterocycles. The first-order valence-corrected chi connectivity index (χ1v) is 5.94. The van der Waals surface area contributed by atoms with Crippen molar-refractivity contribution in [3.05, 3.63) is 11.2 Å². The molecule has 4 N–H and O–H groups in total. The van der Waals surface area contributed by atoms with Gasteiger partial charge in [0.1, 0.15) is 17.0 Å². The Morgan fingerprint density at radius 2 is 2.06 bits per heavy atom. The molecule has 18 heavy (non-hydrogen) atoms. The summed E-state index contributed by atoms with van der Waals surface area (Å²) >= 11 is 5.75. The van der Waals surface area contributed by atoms with Crippen LogP contribution in [0.25, 0.3) is 0 Å². The third-order valence-electron chi connectivity index (χ3n) is 1.97. The molecular formula is C11H18ClN5O. The molecule has 1 aromatic rings. The molecule has 0 saturated carbocycles. The predicted octanol–water partition coefficient (Wildman–Crippen LogP) is 1.43. The van der Waals surface area contributed by atoms with Gasteiger partial charge in [0.05, 0.1) is 0 Å². The highest BCUT2D eigenvalue weighted by Gasteiger charge is 2.19. The normalized spacial score (nSPS) is 12.9. The molecule has 0 aliphatic carbocycles. The van der Waals surface area contributed by atoms with Gasteiger partial charge in [-0.1, -0.05) is 11.6 Å². The molecule has 7 heteroatoms. The van der Waals surface area contributed by atoms with Crippen LogP contribution in [0, 0.1) is 0 Å². The number of aromatic nitrogens is 2. The fourth-order valence-electron chi connectivity index (χ4n) is 1.27. The summed E-state index contributed by atoms with van der Waals surface area (Å²) < 4.78 is 0. The average molecular weight is 272 g/mol. The Morgan fingerprint density at radius 3 is 2.56 bits per heavy atom. The number of anilines is 2. The van der Waals surface area contributed by atoms with Crippen molar-refractivity contribution in [2.45, 2.75) is 39.3 Å². The Hall–Kier alpha value is -1.56. The smallest absolute Gasteiger partial charge is 0.242 e. The molecule has 1 aromatic heterocycles. The van der Waals surface area contributed by atoms with E-state index >= 15 is 0 Å². The van der Waals surface area contributed by atoms with E-state index in [2.05, 4.69) is 20.6 Å². The quantitative estimate of drug-likeness (QED) is 0.723. The van der Waals surface area contributed by atoms with Gasteiger partial charge < -0.3 is 16.4 Å². The first-order chi connectivity index (χ1) is 8.17. The molecule has 1 amide bonds. The summed E-state index contributed by atoms with van der Waals surface area (Å²) in [5.41, 5.74) is 5.18. The van der Waals surface area contributed by atoms with Gasteiger partial charge >= 0.3 is 0 Å². The number of nitrogen functional groups attached to an aromatic ring is 1. The highest BCUT2D eigenvalue weighted by molar-refractivity contribution is 6.29. The van der Waals surface area contributed by atoms with Crippen LogP contribution in [0.2, 0.25) is 5.15 Å². The topological polar surface area (TPSA) is 92.9 Å². The zero-order chi connectivity index (χ0) is 13.9. The van der Waals surface area contributed by atoms with Gasteiger partial charge in [0.25, 0.3) is 0 Å². The second-order valence-corrected chi connectivity index (χ2v) is 5.43.